The molecule has 3 heterocycles. The first-order chi connectivity index (χ1) is 18.0. The number of nitrogens with zero attached hydrogens (tertiary/aromatic N) is 4. The minimum atomic E-state index is -1.19. The molecule has 3 aromatic heterocycles. The van der Waals surface area contributed by atoms with Crippen LogP contribution in [0.5, 0.6) is 0 Å². The number of halogens is 1. The molecule has 1 aromatic carbocycles. The van der Waals surface area contributed by atoms with E-state index in [1.165, 1.54) is 6.07 Å². The summed E-state index contributed by atoms with van der Waals surface area (Å²) in [6.45, 7) is 13.9. The van der Waals surface area contributed by atoms with Gasteiger partial charge in [-0.1, -0.05) is 37.8 Å². The predicted molar refractivity (Wildman–Crippen MR) is 153 cm³/mol. The summed E-state index contributed by atoms with van der Waals surface area (Å²) in [6.07, 6.45) is 3.69. The Bertz CT molecular complexity index is 1390. The van der Waals surface area contributed by atoms with Crippen LogP contribution in [0.3, 0.4) is 0 Å². The third kappa shape index (κ3) is 6.62. The number of aryl methyl sites for hydroxylation is 1. The van der Waals surface area contributed by atoms with Gasteiger partial charge in [0.15, 0.2) is 0 Å². The lowest BCUT2D eigenvalue weighted by Crippen LogP contribution is -2.22. The summed E-state index contributed by atoms with van der Waals surface area (Å²) in [7, 11) is 0.476. The molecule has 6 nitrogen and oxygen atoms in total. The van der Waals surface area contributed by atoms with Crippen LogP contribution in [0.4, 0.5) is 4.39 Å². The van der Waals surface area contributed by atoms with Gasteiger partial charge in [0.1, 0.15) is 18.2 Å². The number of hydrogen-bond donors (Lipinski definition) is 0. The zero-order chi connectivity index (χ0) is 27.5. The molecule has 0 aliphatic rings. The van der Waals surface area contributed by atoms with E-state index in [9.17, 15) is 0 Å². The number of hydrogen-bond acceptors (Lipinski definition) is 5. The first kappa shape index (κ1) is 27.8. The van der Waals surface area contributed by atoms with Crippen molar-refractivity contribution in [3.05, 3.63) is 78.0 Å². The molecule has 0 spiro atoms. The molecule has 200 valence electrons. The SMILES string of the molecule is COC(C)(C)c1ccc(-c2cc(-c3cn(COCC[Si](C)(C)C)nc3-c3cccc(C)n3)ccc2F)nc1. The monoisotopic (exact) mass is 532 g/mol. The number of benzene rings is 1. The molecule has 0 fully saturated rings. The summed E-state index contributed by atoms with van der Waals surface area (Å²) in [6, 6.07) is 15.8. The van der Waals surface area contributed by atoms with Crippen molar-refractivity contribution in [3.8, 4) is 33.8 Å². The lowest BCUT2D eigenvalue weighted by molar-refractivity contribution is 0.0189. The van der Waals surface area contributed by atoms with Crippen LogP contribution in [-0.2, 0) is 21.8 Å². The van der Waals surface area contributed by atoms with Gasteiger partial charge in [0.05, 0.1) is 17.0 Å². The van der Waals surface area contributed by atoms with Gasteiger partial charge in [-0.05, 0) is 62.7 Å². The summed E-state index contributed by atoms with van der Waals surface area (Å²) in [5.74, 6) is -0.336. The van der Waals surface area contributed by atoms with E-state index in [0.717, 1.165) is 39.8 Å². The van der Waals surface area contributed by atoms with Crippen molar-refractivity contribution < 1.29 is 13.9 Å². The fourth-order valence-corrected chi connectivity index (χ4v) is 4.77. The molecule has 8 heteroatoms. The maximum absolute atomic E-state index is 15.0. The van der Waals surface area contributed by atoms with Gasteiger partial charge in [-0.15, -0.1) is 0 Å². The third-order valence-electron chi connectivity index (χ3n) is 6.63. The van der Waals surface area contributed by atoms with Gasteiger partial charge in [0, 0.05) is 56.6 Å². The summed E-state index contributed by atoms with van der Waals surface area (Å²) in [5.41, 5.74) is 5.49. The Morgan fingerprint density at radius 1 is 1.00 bits per heavy atom. The summed E-state index contributed by atoms with van der Waals surface area (Å²) in [5, 5.41) is 4.82. The second kappa shape index (κ2) is 11.3. The van der Waals surface area contributed by atoms with Crippen molar-refractivity contribution in [2.75, 3.05) is 13.7 Å². The van der Waals surface area contributed by atoms with Gasteiger partial charge in [-0.25, -0.2) is 9.07 Å². The van der Waals surface area contributed by atoms with Crippen LogP contribution in [-0.4, -0.2) is 41.5 Å². The molecule has 0 radical (unpaired) electrons. The van der Waals surface area contributed by atoms with E-state index in [2.05, 4.69) is 24.6 Å². The van der Waals surface area contributed by atoms with Gasteiger partial charge >= 0.3 is 0 Å². The second-order valence-corrected chi connectivity index (χ2v) is 16.9. The summed E-state index contributed by atoms with van der Waals surface area (Å²) >= 11 is 0. The van der Waals surface area contributed by atoms with Crippen LogP contribution in [0.25, 0.3) is 33.8 Å². The average Bonchev–Trinajstić information content (AvgIpc) is 3.31. The highest BCUT2D eigenvalue weighted by atomic mass is 28.3. The molecular weight excluding hydrogens is 495 g/mol. The van der Waals surface area contributed by atoms with Crippen LogP contribution in [0.1, 0.15) is 25.1 Å². The second-order valence-electron chi connectivity index (χ2n) is 11.3. The Hall–Kier alpha value is -3.20. The average molecular weight is 533 g/mol. The van der Waals surface area contributed by atoms with E-state index in [-0.39, 0.29) is 5.82 Å². The number of ether oxygens (including phenoxy) is 2. The van der Waals surface area contributed by atoms with Crippen LogP contribution < -0.4 is 0 Å². The Kier molecular flexibility index (Phi) is 8.25. The topological polar surface area (TPSA) is 62.1 Å². The Balaban J connectivity index is 1.70. The Labute approximate surface area is 225 Å². The largest absolute Gasteiger partial charge is 0.374 e. The first-order valence-electron chi connectivity index (χ1n) is 12.9. The molecule has 0 unspecified atom stereocenters. The van der Waals surface area contributed by atoms with Gasteiger partial charge in [-0.3, -0.25) is 9.97 Å². The van der Waals surface area contributed by atoms with Crippen molar-refractivity contribution >= 4 is 8.07 Å². The zero-order valence-corrected chi connectivity index (χ0v) is 24.4. The molecular formula is C30H37FN4O2Si. The van der Waals surface area contributed by atoms with Crippen LogP contribution in [0.2, 0.25) is 25.7 Å². The van der Waals surface area contributed by atoms with Gasteiger partial charge in [0.25, 0.3) is 0 Å². The molecule has 4 rings (SSSR count). The normalized spacial score (nSPS) is 12.2. The molecule has 0 saturated carbocycles. The highest BCUT2D eigenvalue weighted by molar-refractivity contribution is 6.76. The lowest BCUT2D eigenvalue weighted by atomic mass is 9.97. The highest BCUT2D eigenvalue weighted by Gasteiger charge is 2.21. The molecule has 0 bridgehead atoms. The van der Waals surface area contributed by atoms with Crippen molar-refractivity contribution in [1.29, 1.82) is 0 Å². The standard InChI is InChI=1S/C30H37FN4O2Si/c1-21-9-8-10-28(33-21)29-25(19-35(34-29)20-37-15-16-38(5,6)7)22-11-13-26(31)24(17-22)27-14-12-23(18-32-27)30(2,3)36-4/h8-14,17-19H,15-16,20H2,1-7H3. The van der Waals surface area contributed by atoms with Crippen molar-refractivity contribution in [3.63, 3.8) is 0 Å². The molecule has 38 heavy (non-hydrogen) atoms. The van der Waals surface area contributed by atoms with Crippen molar-refractivity contribution in [2.24, 2.45) is 0 Å². The predicted octanol–water partition coefficient (Wildman–Crippen LogP) is 7.32. The maximum atomic E-state index is 15.0. The summed E-state index contributed by atoms with van der Waals surface area (Å²) in [4.78, 5) is 9.26. The molecule has 0 aliphatic heterocycles. The van der Waals surface area contributed by atoms with E-state index >= 15 is 4.39 Å². The lowest BCUT2D eigenvalue weighted by Gasteiger charge is -2.23. The minimum absolute atomic E-state index is 0.336. The molecule has 0 amide bonds. The van der Waals surface area contributed by atoms with Crippen molar-refractivity contribution in [1.82, 2.24) is 19.7 Å². The van der Waals surface area contributed by atoms with E-state index in [4.69, 9.17) is 19.6 Å². The fourth-order valence-electron chi connectivity index (χ4n) is 4.02. The minimum Gasteiger partial charge on any atom is -0.374 e. The number of pyridine rings is 2. The highest BCUT2D eigenvalue weighted by Crippen LogP contribution is 2.34. The van der Waals surface area contributed by atoms with Crippen LogP contribution in [0, 0.1) is 12.7 Å². The molecule has 0 saturated heterocycles. The molecule has 4 aromatic rings. The number of methoxy groups -OCH3 is 1. The molecule has 0 N–H and O–H groups in total. The summed E-state index contributed by atoms with van der Waals surface area (Å²) < 4.78 is 28.3. The Morgan fingerprint density at radius 3 is 2.45 bits per heavy atom. The Morgan fingerprint density at radius 2 is 1.79 bits per heavy atom. The molecule has 0 atom stereocenters. The van der Waals surface area contributed by atoms with Gasteiger partial charge < -0.3 is 9.47 Å². The number of aromatic nitrogens is 4. The van der Waals surface area contributed by atoms with E-state index < -0.39 is 13.7 Å². The van der Waals surface area contributed by atoms with Crippen LogP contribution in [0.15, 0.2) is 60.9 Å². The van der Waals surface area contributed by atoms with Crippen LogP contribution >= 0.6 is 0 Å². The third-order valence-corrected chi connectivity index (χ3v) is 8.34. The quantitative estimate of drug-likeness (QED) is 0.158. The zero-order valence-electron chi connectivity index (χ0n) is 23.4. The van der Waals surface area contributed by atoms with E-state index in [1.807, 2.05) is 63.4 Å². The van der Waals surface area contributed by atoms with E-state index in [0.29, 0.717) is 24.6 Å². The maximum Gasteiger partial charge on any atom is 0.139 e. The molecule has 0 aliphatic carbocycles. The van der Waals surface area contributed by atoms with Gasteiger partial charge in [0.2, 0.25) is 0 Å². The van der Waals surface area contributed by atoms with Crippen molar-refractivity contribution in [2.45, 2.75) is 58.8 Å². The first-order valence-corrected chi connectivity index (χ1v) is 16.6. The number of rotatable bonds is 10. The smallest absolute Gasteiger partial charge is 0.139 e. The fraction of sp³-hybridized carbons (Fsp3) is 0.367. The van der Waals surface area contributed by atoms with Gasteiger partial charge in [-0.2, -0.15) is 5.10 Å². The van der Waals surface area contributed by atoms with E-state index in [1.54, 1.807) is 24.1 Å².